The molecule has 0 aliphatic heterocycles. The van der Waals surface area contributed by atoms with Crippen LogP contribution in [0.3, 0.4) is 0 Å². The summed E-state index contributed by atoms with van der Waals surface area (Å²) in [6.07, 6.45) is 3.54. The van der Waals surface area contributed by atoms with Crippen molar-refractivity contribution in [2.45, 2.75) is 25.3 Å². The van der Waals surface area contributed by atoms with Gasteiger partial charge in [-0.15, -0.1) is 0 Å². The Hall–Kier alpha value is -1.56. The first-order chi connectivity index (χ1) is 9.04. The van der Waals surface area contributed by atoms with Crippen molar-refractivity contribution in [1.82, 2.24) is 14.9 Å². The van der Waals surface area contributed by atoms with Crippen LogP contribution in [0.25, 0.3) is 0 Å². The van der Waals surface area contributed by atoms with E-state index in [0.717, 1.165) is 31.1 Å². The van der Waals surface area contributed by atoms with Crippen molar-refractivity contribution in [3.63, 3.8) is 0 Å². The fraction of sp³-hybridized carbons (Fsp3) is 0.692. The normalized spacial score (nSPS) is 14.7. The standard InChI is InChI=1S/C13H24N6/c1-18(2)7-4-8-19(3)12-9-11(15-10-5-6-10)16-13(14)17-12/h9-10H,4-8H2,1-3H3,(H3,14,15,16,17). The highest BCUT2D eigenvalue weighted by Crippen LogP contribution is 2.25. The zero-order chi connectivity index (χ0) is 13.8. The molecule has 6 heteroatoms. The van der Waals surface area contributed by atoms with Crippen LogP contribution in [-0.2, 0) is 0 Å². The third kappa shape index (κ3) is 4.55. The fourth-order valence-electron chi connectivity index (χ4n) is 1.90. The summed E-state index contributed by atoms with van der Waals surface area (Å²) in [5, 5.41) is 3.36. The highest BCUT2D eigenvalue weighted by atomic mass is 15.2. The summed E-state index contributed by atoms with van der Waals surface area (Å²) in [6, 6.07) is 2.55. The van der Waals surface area contributed by atoms with Crippen LogP contribution >= 0.6 is 0 Å². The second kappa shape index (κ2) is 6.06. The van der Waals surface area contributed by atoms with Crippen LogP contribution in [0.4, 0.5) is 17.6 Å². The van der Waals surface area contributed by atoms with Gasteiger partial charge in [-0.05, 0) is 39.9 Å². The van der Waals surface area contributed by atoms with Gasteiger partial charge in [0.1, 0.15) is 11.6 Å². The predicted molar refractivity (Wildman–Crippen MR) is 79.5 cm³/mol. The van der Waals surface area contributed by atoms with Gasteiger partial charge in [-0.1, -0.05) is 0 Å². The van der Waals surface area contributed by atoms with Crippen LogP contribution in [0.1, 0.15) is 19.3 Å². The van der Waals surface area contributed by atoms with Crippen molar-refractivity contribution in [3.05, 3.63) is 6.07 Å². The molecule has 0 radical (unpaired) electrons. The molecule has 0 atom stereocenters. The zero-order valence-electron chi connectivity index (χ0n) is 12.1. The summed E-state index contributed by atoms with van der Waals surface area (Å²) in [5.41, 5.74) is 5.77. The van der Waals surface area contributed by atoms with Gasteiger partial charge in [0, 0.05) is 25.7 Å². The predicted octanol–water partition coefficient (Wildman–Crippen LogP) is 1.02. The number of nitrogens with two attached hydrogens (primary N) is 1. The van der Waals surface area contributed by atoms with Gasteiger partial charge in [0.2, 0.25) is 5.95 Å². The maximum absolute atomic E-state index is 5.77. The molecule has 0 saturated heterocycles. The molecule has 3 N–H and O–H groups in total. The Labute approximate surface area is 115 Å². The van der Waals surface area contributed by atoms with Gasteiger partial charge in [-0.3, -0.25) is 0 Å². The summed E-state index contributed by atoms with van der Waals surface area (Å²) in [6.45, 7) is 2.02. The molecule has 0 amide bonds. The smallest absolute Gasteiger partial charge is 0.223 e. The van der Waals surface area contributed by atoms with Crippen LogP contribution in [0.15, 0.2) is 6.07 Å². The van der Waals surface area contributed by atoms with E-state index in [1.807, 2.05) is 13.1 Å². The zero-order valence-corrected chi connectivity index (χ0v) is 12.1. The van der Waals surface area contributed by atoms with Crippen LogP contribution in [0.5, 0.6) is 0 Å². The van der Waals surface area contributed by atoms with Crippen LogP contribution < -0.4 is 16.0 Å². The van der Waals surface area contributed by atoms with Crippen LogP contribution in [0, 0.1) is 0 Å². The number of aromatic nitrogens is 2. The van der Waals surface area contributed by atoms with Crippen molar-refractivity contribution >= 4 is 17.6 Å². The van der Waals surface area contributed by atoms with Gasteiger partial charge in [-0.25, -0.2) is 0 Å². The molecule has 0 bridgehead atoms. The van der Waals surface area contributed by atoms with Crippen molar-refractivity contribution in [2.24, 2.45) is 0 Å². The molecule has 19 heavy (non-hydrogen) atoms. The van der Waals surface area contributed by atoms with E-state index >= 15 is 0 Å². The number of hydrogen-bond donors (Lipinski definition) is 2. The molecule has 1 heterocycles. The lowest BCUT2D eigenvalue weighted by molar-refractivity contribution is 0.401. The highest BCUT2D eigenvalue weighted by Gasteiger charge is 2.21. The fourth-order valence-corrected chi connectivity index (χ4v) is 1.90. The Morgan fingerprint density at radius 2 is 2.00 bits per heavy atom. The molecule has 1 aliphatic carbocycles. The molecular weight excluding hydrogens is 240 g/mol. The van der Waals surface area contributed by atoms with E-state index in [1.165, 1.54) is 12.8 Å². The lowest BCUT2D eigenvalue weighted by atomic mass is 10.3. The molecule has 1 saturated carbocycles. The van der Waals surface area contributed by atoms with Gasteiger partial charge >= 0.3 is 0 Å². The lowest BCUT2D eigenvalue weighted by Crippen LogP contribution is -2.24. The second-order valence-corrected chi connectivity index (χ2v) is 5.47. The third-order valence-corrected chi connectivity index (χ3v) is 3.15. The minimum Gasteiger partial charge on any atom is -0.368 e. The van der Waals surface area contributed by atoms with E-state index < -0.39 is 0 Å². The molecule has 1 fully saturated rings. The average molecular weight is 264 g/mol. The molecule has 0 spiro atoms. The summed E-state index contributed by atoms with van der Waals surface area (Å²) in [5.74, 6) is 2.05. The van der Waals surface area contributed by atoms with E-state index in [-0.39, 0.29) is 0 Å². The monoisotopic (exact) mass is 264 g/mol. The first-order valence-corrected chi connectivity index (χ1v) is 6.81. The number of nitrogens with zero attached hydrogens (tertiary/aromatic N) is 4. The summed E-state index contributed by atoms with van der Waals surface area (Å²) in [4.78, 5) is 12.8. The SMILES string of the molecule is CN(C)CCCN(C)c1cc(NC2CC2)nc(N)n1. The largest absolute Gasteiger partial charge is 0.368 e. The Morgan fingerprint density at radius 3 is 2.63 bits per heavy atom. The Balaban J connectivity index is 1.95. The number of hydrogen-bond acceptors (Lipinski definition) is 6. The van der Waals surface area contributed by atoms with Crippen LogP contribution in [-0.4, -0.2) is 55.1 Å². The molecular formula is C13H24N6. The Kier molecular flexibility index (Phi) is 4.42. The number of nitrogen functional groups attached to an aromatic ring is 1. The molecule has 0 unspecified atom stereocenters. The molecule has 1 aromatic heterocycles. The second-order valence-electron chi connectivity index (χ2n) is 5.47. The average Bonchev–Trinajstić information content (AvgIpc) is 3.11. The van der Waals surface area contributed by atoms with Gasteiger partial charge in [0.05, 0.1) is 0 Å². The van der Waals surface area contributed by atoms with E-state index in [9.17, 15) is 0 Å². The van der Waals surface area contributed by atoms with Crippen molar-refractivity contribution < 1.29 is 0 Å². The number of nitrogens with one attached hydrogen (secondary N) is 1. The maximum atomic E-state index is 5.77. The van der Waals surface area contributed by atoms with Crippen molar-refractivity contribution in [1.29, 1.82) is 0 Å². The van der Waals surface area contributed by atoms with Gasteiger partial charge in [0.25, 0.3) is 0 Å². The minimum atomic E-state index is 0.333. The maximum Gasteiger partial charge on any atom is 0.223 e. The highest BCUT2D eigenvalue weighted by molar-refractivity contribution is 5.53. The van der Waals surface area contributed by atoms with Crippen molar-refractivity contribution in [2.75, 3.05) is 50.2 Å². The first-order valence-electron chi connectivity index (χ1n) is 6.81. The van der Waals surface area contributed by atoms with Crippen LogP contribution in [0.2, 0.25) is 0 Å². The van der Waals surface area contributed by atoms with E-state index in [2.05, 4.69) is 39.2 Å². The molecule has 106 valence electrons. The van der Waals surface area contributed by atoms with Gasteiger partial charge < -0.3 is 20.9 Å². The topological polar surface area (TPSA) is 70.3 Å². The molecule has 0 aromatic carbocycles. The Bertz CT molecular complexity index is 416. The number of anilines is 3. The van der Waals surface area contributed by atoms with Gasteiger partial charge in [0.15, 0.2) is 0 Å². The van der Waals surface area contributed by atoms with Crippen molar-refractivity contribution in [3.8, 4) is 0 Å². The lowest BCUT2D eigenvalue weighted by Gasteiger charge is -2.20. The quantitative estimate of drug-likeness (QED) is 0.766. The third-order valence-electron chi connectivity index (χ3n) is 3.15. The summed E-state index contributed by atoms with van der Waals surface area (Å²) in [7, 11) is 6.21. The van der Waals surface area contributed by atoms with E-state index in [4.69, 9.17) is 5.73 Å². The molecule has 6 nitrogen and oxygen atoms in total. The minimum absolute atomic E-state index is 0.333. The Morgan fingerprint density at radius 1 is 1.26 bits per heavy atom. The van der Waals surface area contributed by atoms with Gasteiger partial charge in [-0.2, -0.15) is 9.97 Å². The summed E-state index contributed by atoms with van der Waals surface area (Å²) < 4.78 is 0. The van der Waals surface area contributed by atoms with E-state index in [0.29, 0.717) is 12.0 Å². The molecule has 1 aliphatic rings. The molecule has 2 rings (SSSR count). The number of rotatable bonds is 7. The summed E-state index contributed by atoms with van der Waals surface area (Å²) >= 11 is 0. The molecule has 1 aromatic rings. The van der Waals surface area contributed by atoms with E-state index in [1.54, 1.807) is 0 Å². The first kappa shape index (κ1) is 13.9.